The second kappa shape index (κ2) is 6.35. The van der Waals surface area contributed by atoms with Gasteiger partial charge in [0.05, 0.1) is 12.7 Å². The van der Waals surface area contributed by atoms with Gasteiger partial charge in [-0.1, -0.05) is 13.8 Å². The van der Waals surface area contributed by atoms with Crippen molar-refractivity contribution in [2.45, 2.75) is 26.7 Å². The standard InChI is InChI=1S/C16H18N2O3/c1-10(2)15-17-11(3)9-14(18-15)21-13-7-5-12(6-8-13)16(19)20-4/h5-10H,1-4H3. The highest BCUT2D eigenvalue weighted by Crippen LogP contribution is 2.22. The molecule has 1 aromatic heterocycles. The summed E-state index contributed by atoms with van der Waals surface area (Å²) in [6, 6.07) is 8.49. The van der Waals surface area contributed by atoms with E-state index in [2.05, 4.69) is 14.7 Å². The zero-order valence-corrected chi connectivity index (χ0v) is 12.6. The summed E-state index contributed by atoms with van der Waals surface area (Å²) in [5.41, 5.74) is 1.33. The van der Waals surface area contributed by atoms with Crippen LogP contribution in [0.5, 0.6) is 11.6 Å². The van der Waals surface area contributed by atoms with E-state index in [0.717, 1.165) is 11.5 Å². The summed E-state index contributed by atoms with van der Waals surface area (Å²) >= 11 is 0. The molecule has 110 valence electrons. The Bertz CT molecular complexity index is 636. The number of methoxy groups -OCH3 is 1. The number of carbonyl (C=O) groups excluding carboxylic acids is 1. The highest BCUT2D eigenvalue weighted by atomic mass is 16.5. The zero-order valence-electron chi connectivity index (χ0n) is 12.6. The quantitative estimate of drug-likeness (QED) is 0.805. The Morgan fingerprint density at radius 3 is 2.38 bits per heavy atom. The maximum absolute atomic E-state index is 11.4. The molecular weight excluding hydrogens is 268 g/mol. The van der Waals surface area contributed by atoms with E-state index in [-0.39, 0.29) is 11.9 Å². The van der Waals surface area contributed by atoms with Gasteiger partial charge in [0, 0.05) is 17.7 Å². The normalized spacial score (nSPS) is 10.5. The van der Waals surface area contributed by atoms with Crippen LogP contribution in [0.15, 0.2) is 30.3 Å². The third kappa shape index (κ3) is 3.78. The summed E-state index contributed by atoms with van der Waals surface area (Å²) in [5, 5.41) is 0. The average Bonchev–Trinajstić information content (AvgIpc) is 2.46. The molecular formula is C16H18N2O3. The molecule has 1 heterocycles. The van der Waals surface area contributed by atoms with Crippen molar-refractivity contribution in [3.05, 3.63) is 47.4 Å². The molecule has 0 aliphatic heterocycles. The average molecular weight is 286 g/mol. The van der Waals surface area contributed by atoms with Gasteiger partial charge in [-0.2, -0.15) is 4.98 Å². The minimum absolute atomic E-state index is 0.231. The van der Waals surface area contributed by atoms with Crippen molar-refractivity contribution in [1.82, 2.24) is 9.97 Å². The highest BCUT2D eigenvalue weighted by Gasteiger charge is 2.09. The molecule has 0 aliphatic carbocycles. The van der Waals surface area contributed by atoms with Gasteiger partial charge >= 0.3 is 5.97 Å². The highest BCUT2D eigenvalue weighted by molar-refractivity contribution is 5.89. The zero-order chi connectivity index (χ0) is 15.4. The molecule has 5 nitrogen and oxygen atoms in total. The largest absolute Gasteiger partial charge is 0.465 e. The number of benzene rings is 1. The summed E-state index contributed by atoms with van der Waals surface area (Å²) in [6.45, 7) is 5.97. The number of aryl methyl sites for hydroxylation is 1. The predicted octanol–water partition coefficient (Wildman–Crippen LogP) is 3.49. The molecule has 0 bridgehead atoms. The lowest BCUT2D eigenvalue weighted by molar-refractivity contribution is 0.0600. The second-order valence-corrected chi connectivity index (χ2v) is 4.98. The molecule has 0 amide bonds. The Morgan fingerprint density at radius 2 is 1.81 bits per heavy atom. The predicted molar refractivity (Wildman–Crippen MR) is 78.7 cm³/mol. The van der Waals surface area contributed by atoms with E-state index in [4.69, 9.17) is 4.74 Å². The molecule has 1 aromatic carbocycles. The summed E-state index contributed by atoms with van der Waals surface area (Å²) < 4.78 is 10.4. The summed E-state index contributed by atoms with van der Waals surface area (Å²) in [5.74, 6) is 1.71. The number of aromatic nitrogens is 2. The number of rotatable bonds is 4. The minimum Gasteiger partial charge on any atom is -0.465 e. The van der Waals surface area contributed by atoms with Gasteiger partial charge in [-0.05, 0) is 31.2 Å². The number of ether oxygens (including phenoxy) is 2. The molecule has 0 spiro atoms. The molecule has 2 rings (SSSR count). The van der Waals surface area contributed by atoms with E-state index in [1.807, 2.05) is 20.8 Å². The lowest BCUT2D eigenvalue weighted by atomic mass is 10.2. The van der Waals surface area contributed by atoms with Crippen LogP contribution < -0.4 is 4.74 Å². The van der Waals surface area contributed by atoms with Crippen molar-refractivity contribution in [2.75, 3.05) is 7.11 Å². The fraction of sp³-hybridized carbons (Fsp3) is 0.312. The fourth-order valence-corrected chi connectivity index (χ4v) is 1.77. The lowest BCUT2D eigenvalue weighted by Gasteiger charge is -2.09. The monoisotopic (exact) mass is 286 g/mol. The summed E-state index contributed by atoms with van der Waals surface area (Å²) in [6.07, 6.45) is 0. The summed E-state index contributed by atoms with van der Waals surface area (Å²) in [7, 11) is 1.35. The third-order valence-corrected chi connectivity index (χ3v) is 2.86. The van der Waals surface area contributed by atoms with Crippen molar-refractivity contribution in [3.63, 3.8) is 0 Å². The molecule has 2 aromatic rings. The Balaban J connectivity index is 2.20. The topological polar surface area (TPSA) is 61.3 Å². The second-order valence-electron chi connectivity index (χ2n) is 4.98. The number of carbonyl (C=O) groups is 1. The van der Waals surface area contributed by atoms with Crippen LogP contribution in [-0.4, -0.2) is 23.0 Å². The Hall–Kier alpha value is -2.43. The molecule has 0 radical (unpaired) electrons. The van der Waals surface area contributed by atoms with Gasteiger partial charge in [-0.15, -0.1) is 0 Å². The van der Waals surface area contributed by atoms with Crippen LogP contribution in [0.2, 0.25) is 0 Å². The Kier molecular flexibility index (Phi) is 4.52. The Morgan fingerprint density at radius 1 is 1.14 bits per heavy atom. The van der Waals surface area contributed by atoms with E-state index in [0.29, 0.717) is 17.2 Å². The molecule has 0 N–H and O–H groups in total. The molecule has 5 heteroatoms. The first kappa shape index (κ1) is 15.0. The van der Waals surface area contributed by atoms with E-state index in [1.165, 1.54) is 7.11 Å². The van der Waals surface area contributed by atoms with Crippen molar-refractivity contribution < 1.29 is 14.3 Å². The lowest BCUT2D eigenvalue weighted by Crippen LogP contribution is -2.02. The van der Waals surface area contributed by atoms with Crippen LogP contribution in [0.4, 0.5) is 0 Å². The first-order valence-electron chi connectivity index (χ1n) is 6.71. The van der Waals surface area contributed by atoms with Gasteiger partial charge in [0.25, 0.3) is 0 Å². The van der Waals surface area contributed by atoms with E-state index < -0.39 is 0 Å². The number of hydrogen-bond acceptors (Lipinski definition) is 5. The van der Waals surface area contributed by atoms with Crippen LogP contribution >= 0.6 is 0 Å². The number of hydrogen-bond donors (Lipinski definition) is 0. The van der Waals surface area contributed by atoms with Gasteiger partial charge in [-0.25, -0.2) is 9.78 Å². The van der Waals surface area contributed by atoms with Crippen molar-refractivity contribution >= 4 is 5.97 Å². The third-order valence-electron chi connectivity index (χ3n) is 2.86. The fourth-order valence-electron chi connectivity index (χ4n) is 1.77. The van der Waals surface area contributed by atoms with Crippen LogP contribution in [-0.2, 0) is 4.74 Å². The maximum Gasteiger partial charge on any atom is 0.337 e. The minimum atomic E-state index is -0.374. The van der Waals surface area contributed by atoms with Crippen molar-refractivity contribution in [2.24, 2.45) is 0 Å². The maximum atomic E-state index is 11.4. The SMILES string of the molecule is COC(=O)c1ccc(Oc2cc(C)nc(C(C)C)n2)cc1. The van der Waals surface area contributed by atoms with Crippen molar-refractivity contribution in [1.29, 1.82) is 0 Å². The Labute approximate surface area is 124 Å². The van der Waals surface area contributed by atoms with Gasteiger partial charge in [0.1, 0.15) is 11.6 Å². The van der Waals surface area contributed by atoms with Gasteiger partial charge in [0.2, 0.25) is 5.88 Å². The number of esters is 1. The van der Waals surface area contributed by atoms with E-state index in [1.54, 1.807) is 30.3 Å². The molecule has 0 atom stereocenters. The molecule has 0 fully saturated rings. The molecule has 21 heavy (non-hydrogen) atoms. The van der Waals surface area contributed by atoms with Gasteiger partial charge < -0.3 is 9.47 Å². The van der Waals surface area contributed by atoms with Crippen LogP contribution in [0.1, 0.15) is 41.6 Å². The van der Waals surface area contributed by atoms with Crippen LogP contribution in [0.3, 0.4) is 0 Å². The number of nitrogens with zero attached hydrogens (tertiary/aromatic N) is 2. The van der Waals surface area contributed by atoms with Crippen LogP contribution in [0, 0.1) is 6.92 Å². The molecule has 0 aliphatic rings. The first-order chi connectivity index (χ1) is 9.99. The van der Waals surface area contributed by atoms with Crippen LogP contribution in [0.25, 0.3) is 0 Å². The van der Waals surface area contributed by atoms with E-state index in [9.17, 15) is 4.79 Å². The van der Waals surface area contributed by atoms with Gasteiger partial charge in [-0.3, -0.25) is 0 Å². The first-order valence-corrected chi connectivity index (χ1v) is 6.71. The van der Waals surface area contributed by atoms with Gasteiger partial charge in [0.15, 0.2) is 0 Å². The molecule has 0 saturated carbocycles. The molecule has 0 unspecified atom stereocenters. The van der Waals surface area contributed by atoms with E-state index >= 15 is 0 Å². The molecule has 0 saturated heterocycles. The van der Waals surface area contributed by atoms with Crippen molar-refractivity contribution in [3.8, 4) is 11.6 Å². The summed E-state index contributed by atoms with van der Waals surface area (Å²) in [4.78, 5) is 20.1. The smallest absolute Gasteiger partial charge is 0.337 e.